The lowest BCUT2D eigenvalue weighted by atomic mass is 10.1. The molecule has 2 aromatic carbocycles. The summed E-state index contributed by atoms with van der Waals surface area (Å²) in [4.78, 5) is 0. The van der Waals surface area contributed by atoms with E-state index < -0.39 is 0 Å². The summed E-state index contributed by atoms with van der Waals surface area (Å²) in [6.45, 7) is 0.549. The van der Waals surface area contributed by atoms with Crippen molar-refractivity contribution < 1.29 is 9.47 Å². The molecular weight excluding hydrogens is 280 g/mol. The highest BCUT2D eigenvalue weighted by atomic mass is 79.9. The summed E-state index contributed by atoms with van der Waals surface area (Å²) in [7, 11) is 0. The van der Waals surface area contributed by atoms with Crippen molar-refractivity contribution in [1.29, 1.82) is 0 Å². The molecule has 1 aliphatic heterocycles. The maximum Gasteiger partial charge on any atom is 0.162 e. The van der Waals surface area contributed by atoms with Crippen molar-refractivity contribution >= 4 is 15.9 Å². The van der Waals surface area contributed by atoms with Crippen LogP contribution in [0.2, 0.25) is 0 Å². The Morgan fingerprint density at radius 2 is 1.82 bits per heavy atom. The van der Waals surface area contributed by atoms with Gasteiger partial charge in [0, 0.05) is 4.47 Å². The molecule has 0 bridgehead atoms. The Balaban J connectivity index is 1.89. The van der Waals surface area contributed by atoms with E-state index in [1.54, 1.807) is 0 Å². The molecule has 0 aliphatic carbocycles. The van der Waals surface area contributed by atoms with E-state index in [0.29, 0.717) is 6.61 Å². The van der Waals surface area contributed by atoms with Crippen molar-refractivity contribution in [2.75, 3.05) is 6.61 Å². The van der Waals surface area contributed by atoms with E-state index in [2.05, 4.69) is 22.0 Å². The highest BCUT2D eigenvalue weighted by Crippen LogP contribution is 2.36. The predicted molar refractivity (Wildman–Crippen MR) is 69.4 cm³/mol. The van der Waals surface area contributed by atoms with Crippen molar-refractivity contribution in [3.05, 3.63) is 58.6 Å². The van der Waals surface area contributed by atoms with Gasteiger partial charge in [0.05, 0.1) is 0 Å². The van der Waals surface area contributed by atoms with E-state index in [4.69, 9.17) is 9.47 Å². The van der Waals surface area contributed by atoms with Gasteiger partial charge < -0.3 is 9.47 Å². The molecule has 0 saturated carbocycles. The summed E-state index contributed by atoms with van der Waals surface area (Å²) in [6, 6.07) is 15.9. The number of rotatable bonds is 1. The summed E-state index contributed by atoms with van der Waals surface area (Å²) >= 11 is 3.46. The molecular formula is C14H11BrO2. The second kappa shape index (κ2) is 4.41. The molecule has 3 rings (SSSR count). The summed E-state index contributed by atoms with van der Waals surface area (Å²) < 4.78 is 12.7. The van der Waals surface area contributed by atoms with Gasteiger partial charge in [-0.25, -0.2) is 0 Å². The Morgan fingerprint density at radius 1 is 1.00 bits per heavy atom. The van der Waals surface area contributed by atoms with E-state index in [1.807, 2.05) is 42.5 Å². The van der Waals surface area contributed by atoms with Crippen LogP contribution in [-0.2, 0) is 0 Å². The molecule has 3 heteroatoms. The van der Waals surface area contributed by atoms with Crippen molar-refractivity contribution in [2.45, 2.75) is 6.10 Å². The zero-order chi connectivity index (χ0) is 11.7. The van der Waals surface area contributed by atoms with Gasteiger partial charge in [-0.05, 0) is 29.8 Å². The third kappa shape index (κ3) is 2.15. The molecule has 0 spiro atoms. The smallest absolute Gasteiger partial charge is 0.162 e. The van der Waals surface area contributed by atoms with Gasteiger partial charge in [0.2, 0.25) is 0 Å². The Kier molecular flexibility index (Phi) is 2.77. The molecule has 86 valence electrons. The fraction of sp³-hybridized carbons (Fsp3) is 0.143. The largest absolute Gasteiger partial charge is 0.485 e. The SMILES string of the molecule is Brc1cccc(C2COc3ccccc3O2)c1. The molecule has 1 heterocycles. The lowest BCUT2D eigenvalue weighted by Crippen LogP contribution is -2.21. The molecule has 1 aliphatic rings. The Bertz CT molecular complexity index is 539. The first-order chi connectivity index (χ1) is 8.33. The van der Waals surface area contributed by atoms with Gasteiger partial charge >= 0.3 is 0 Å². The van der Waals surface area contributed by atoms with Gasteiger partial charge in [-0.15, -0.1) is 0 Å². The van der Waals surface area contributed by atoms with Crippen LogP contribution in [0.4, 0.5) is 0 Å². The Hall–Kier alpha value is -1.48. The zero-order valence-electron chi connectivity index (χ0n) is 9.10. The first kappa shape index (κ1) is 10.7. The molecule has 0 fully saturated rings. The molecule has 1 atom stereocenters. The molecule has 0 aromatic heterocycles. The minimum Gasteiger partial charge on any atom is -0.485 e. The normalized spacial score (nSPS) is 17.8. The zero-order valence-corrected chi connectivity index (χ0v) is 10.7. The molecule has 2 aromatic rings. The molecule has 2 nitrogen and oxygen atoms in total. The number of ether oxygens (including phenoxy) is 2. The van der Waals surface area contributed by atoms with Crippen LogP contribution in [0, 0.1) is 0 Å². The number of benzene rings is 2. The predicted octanol–water partition coefficient (Wildman–Crippen LogP) is 3.96. The maximum atomic E-state index is 5.93. The van der Waals surface area contributed by atoms with Crippen LogP contribution in [0.3, 0.4) is 0 Å². The number of para-hydroxylation sites is 2. The summed E-state index contributed by atoms with van der Waals surface area (Å²) in [6.07, 6.45) is -0.0394. The van der Waals surface area contributed by atoms with Gasteiger partial charge in [-0.2, -0.15) is 0 Å². The first-order valence-electron chi connectivity index (χ1n) is 5.47. The van der Waals surface area contributed by atoms with Gasteiger partial charge in [0.15, 0.2) is 17.6 Å². The number of hydrogen-bond acceptors (Lipinski definition) is 2. The van der Waals surface area contributed by atoms with Gasteiger partial charge in [0.25, 0.3) is 0 Å². The molecule has 0 radical (unpaired) electrons. The number of hydrogen-bond donors (Lipinski definition) is 0. The third-order valence-corrected chi connectivity index (χ3v) is 3.22. The van der Waals surface area contributed by atoms with Crippen molar-refractivity contribution in [3.63, 3.8) is 0 Å². The molecule has 17 heavy (non-hydrogen) atoms. The van der Waals surface area contributed by atoms with E-state index in [0.717, 1.165) is 21.5 Å². The lowest BCUT2D eigenvalue weighted by molar-refractivity contribution is 0.0912. The van der Waals surface area contributed by atoms with Crippen molar-refractivity contribution in [2.24, 2.45) is 0 Å². The third-order valence-electron chi connectivity index (χ3n) is 2.73. The molecule has 0 amide bonds. The van der Waals surface area contributed by atoms with E-state index in [1.165, 1.54) is 0 Å². The highest BCUT2D eigenvalue weighted by molar-refractivity contribution is 9.10. The minimum absolute atomic E-state index is 0.0394. The van der Waals surface area contributed by atoms with Crippen LogP contribution in [0.5, 0.6) is 11.5 Å². The highest BCUT2D eigenvalue weighted by Gasteiger charge is 2.21. The molecule has 1 unspecified atom stereocenters. The van der Waals surface area contributed by atoms with E-state index >= 15 is 0 Å². The monoisotopic (exact) mass is 290 g/mol. The van der Waals surface area contributed by atoms with Crippen LogP contribution in [0.15, 0.2) is 53.0 Å². The topological polar surface area (TPSA) is 18.5 Å². The van der Waals surface area contributed by atoms with Gasteiger partial charge in [-0.3, -0.25) is 0 Å². The number of fused-ring (bicyclic) bond motifs is 1. The molecule has 0 N–H and O–H groups in total. The molecule has 0 saturated heterocycles. The fourth-order valence-electron chi connectivity index (χ4n) is 1.89. The summed E-state index contributed by atoms with van der Waals surface area (Å²) in [5.74, 6) is 1.63. The van der Waals surface area contributed by atoms with Gasteiger partial charge in [-0.1, -0.05) is 40.2 Å². The average molecular weight is 291 g/mol. The quantitative estimate of drug-likeness (QED) is 0.791. The second-order valence-electron chi connectivity index (χ2n) is 3.92. The lowest BCUT2D eigenvalue weighted by Gasteiger charge is -2.26. The van der Waals surface area contributed by atoms with Crippen LogP contribution in [0.25, 0.3) is 0 Å². The van der Waals surface area contributed by atoms with Crippen LogP contribution in [-0.4, -0.2) is 6.61 Å². The summed E-state index contributed by atoms with van der Waals surface area (Å²) in [5, 5.41) is 0. The van der Waals surface area contributed by atoms with Gasteiger partial charge in [0.1, 0.15) is 6.61 Å². The van der Waals surface area contributed by atoms with Crippen molar-refractivity contribution in [1.82, 2.24) is 0 Å². The standard InChI is InChI=1S/C14H11BrO2/c15-11-5-3-4-10(8-11)14-9-16-12-6-1-2-7-13(12)17-14/h1-8,14H,9H2. The van der Waals surface area contributed by atoms with Crippen LogP contribution >= 0.6 is 15.9 Å². The van der Waals surface area contributed by atoms with Crippen molar-refractivity contribution in [3.8, 4) is 11.5 Å². The Morgan fingerprint density at radius 3 is 2.65 bits per heavy atom. The first-order valence-corrected chi connectivity index (χ1v) is 6.26. The van der Waals surface area contributed by atoms with E-state index in [9.17, 15) is 0 Å². The van der Waals surface area contributed by atoms with Crippen LogP contribution in [0.1, 0.15) is 11.7 Å². The average Bonchev–Trinajstić information content (AvgIpc) is 2.38. The second-order valence-corrected chi connectivity index (χ2v) is 4.83. The minimum atomic E-state index is -0.0394. The van der Waals surface area contributed by atoms with Crippen LogP contribution < -0.4 is 9.47 Å². The number of halogens is 1. The fourth-order valence-corrected chi connectivity index (χ4v) is 2.31. The van der Waals surface area contributed by atoms with E-state index in [-0.39, 0.29) is 6.10 Å². The summed E-state index contributed by atoms with van der Waals surface area (Å²) in [5.41, 5.74) is 1.12. The maximum absolute atomic E-state index is 5.93. The Labute approximate surface area is 108 Å².